The van der Waals surface area contributed by atoms with Gasteiger partial charge in [0.25, 0.3) is 0 Å². The second-order valence-electron chi connectivity index (χ2n) is 26.7. The van der Waals surface area contributed by atoms with Crippen LogP contribution in [-0.4, -0.2) is 11.9 Å². The average Bonchev–Trinajstić information content (AvgIpc) is 3.64. The van der Waals surface area contributed by atoms with Crippen LogP contribution in [0.1, 0.15) is 417 Å². The van der Waals surface area contributed by atoms with Crippen molar-refractivity contribution in [1.29, 1.82) is 0 Å². The quantitative estimate of drug-likeness (QED) is 0.0273. The third kappa shape index (κ3) is 57.1. The van der Waals surface area contributed by atoms with Crippen molar-refractivity contribution < 1.29 is 20.4 Å². The van der Waals surface area contributed by atoms with Gasteiger partial charge in [0.05, 0.1) is 17.6 Å². The van der Waals surface area contributed by atoms with Gasteiger partial charge >= 0.3 is 0 Å². The summed E-state index contributed by atoms with van der Waals surface area (Å²) < 4.78 is 0. The molecule has 2 nitrogen and oxygen atoms in total. The molecule has 3 heteroatoms. The number of rotatable bonds is 62. The number of para-hydroxylation sites is 2. The Kier molecular flexibility index (Phi) is 66.1. The van der Waals surface area contributed by atoms with Gasteiger partial charge in [0.1, 0.15) is 5.71 Å². The minimum Gasteiger partial charge on any atom is -0.254 e. The van der Waals surface area contributed by atoms with Gasteiger partial charge in [0.2, 0.25) is 0 Å². The summed E-state index contributed by atoms with van der Waals surface area (Å²) in [5.74, 6) is 20.9. The summed E-state index contributed by atoms with van der Waals surface area (Å²) in [7, 11) is 0. The van der Waals surface area contributed by atoms with E-state index >= 15 is 0 Å². The van der Waals surface area contributed by atoms with Crippen molar-refractivity contribution >= 4 is 23.3 Å². The number of nitrogens with zero attached hydrogens (tertiary/aromatic N) is 2. The second-order valence-corrected chi connectivity index (χ2v) is 26.7. The SMILES string of the molecule is CCCCCCCCCC#CC(/C=N/c1ccccc1CCCC#CCCCCCCCCCCCCCCCCCCCCCCCCC)=N/c1ccccc1CCCC#CCCCCCCCCCCCCCCCCCCCCCCCCC.[Pd]. The van der Waals surface area contributed by atoms with Crippen LogP contribution in [0.2, 0.25) is 0 Å². The number of aryl methyl sites for hydroxylation is 2. The van der Waals surface area contributed by atoms with Crippen molar-refractivity contribution in [3.8, 4) is 35.5 Å². The first-order valence-corrected chi connectivity index (χ1v) is 39.0. The van der Waals surface area contributed by atoms with E-state index in [1.54, 1.807) is 0 Å². The molecule has 0 aliphatic rings. The topological polar surface area (TPSA) is 24.7 Å². The molecule has 2 aromatic rings. The first-order valence-electron chi connectivity index (χ1n) is 39.0. The van der Waals surface area contributed by atoms with Crippen LogP contribution in [0.25, 0.3) is 0 Å². The average molecular weight is 1300 g/mol. The van der Waals surface area contributed by atoms with Crippen LogP contribution < -0.4 is 0 Å². The van der Waals surface area contributed by atoms with E-state index in [0.717, 1.165) is 81.3 Å². The molecule has 0 heterocycles. The predicted molar refractivity (Wildman–Crippen MR) is 393 cm³/mol. The first-order chi connectivity index (χ1) is 43.3. The largest absolute Gasteiger partial charge is 0.254 e. The minimum absolute atomic E-state index is 0. The summed E-state index contributed by atoms with van der Waals surface area (Å²) in [5.41, 5.74) is 5.30. The van der Waals surface area contributed by atoms with Gasteiger partial charge in [-0.05, 0) is 74.1 Å². The molecule has 0 N–H and O–H groups in total. The van der Waals surface area contributed by atoms with Crippen LogP contribution >= 0.6 is 0 Å². The second kappa shape index (κ2) is 70.0. The monoisotopic (exact) mass is 1300 g/mol. The molecule has 0 aromatic heterocycles. The van der Waals surface area contributed by atoms with E-state index < -0.39 is 0 Å². The Labute approximate surface area is 564 Å². The fraction of sp³-hybridized carbons (Fsp3) is 0.765. The van der Waals surface area contributed by atoms with Gasteiger partial charge in [-0.15, -0.1) is 23.7 Å². The van der Waals surface area contributed by atoms with E-state index in [-0.39, 0.29) is 20.4 Å². The predicted octanol–water partition coefficient (Wildman–Crippen LogP) is 28.7. The molecule has 0 aliphatic heterocycles. The van der Waals surface area contributed by atoms with Gasteiger partial charge in [0, 0.05) is 52.5 Å². The zero-order chi connectivity index (χ0) is 61.7. The van der Waals surface area contributed by atoms with Gasteiger partial charge in [-0.25, -0.2) is 4.99 Å². The molecule has 502 valence electrons. The van der Waals surface area contributed by atoms with E-state index in [4.69, 9.17) is 9.98 Å². The Balaban J connectivity index is 0.0000387. The summed E-state index contributed by atoms with van der Waals surface area (Å²) in [6, 6.07) is 17.2. The number of aliphatic imine (C=N–C) groups is 2. The van der Waals surface area contributed by atoms with Crippen LogP contribution in [0.4, 0.5) is 11.4 Å². The van der Waals surface area contributed by atoms with Gasteiger partial charge in [-0.2, -0.15) is 0 Å². The Morgan fingerprint density at radius 3 is 0.795 bits per heavy atom. The molecule has 0 radical (unpaired) electrons. The number of unbranched alkanes of at least 4 members (excludes halogenated alkanes) is 55. The maximum Gasteiger partial charge on any atom is 0.132 e. The molecule has 0 spiro atoms. The Hall–Kier alpha value is -2.88. The zero-order valence-corrected chi connectivity index (χ0v) is 60.3. The van der Waals surface area contributed by atoms with Crippen molar-refractivity contribution in [3.05, 3.63) is 59.7 Å². The molecule has 0 saturated carbocycles. The summed E-state index contributed by atoms with van der Waals surface area (Å²) in [6.07, 6.45) is 85.7. The molecule has 2 aromatic carbocycles. The Morgan fingerprint density at radius 1 is 0.273 bits per heavy atom. The summed E-state index contributed by atoms with van der Waals surface area (Å²) in [5, 5.41) is 0. The normalized spacial score (nSPS) is 11.3. The molecule has 0 amide bonds. The van der Waals surface area contributed by atoms with Crippen molar-refractivity contribution in [2.75, 3.05) is 0 Å². The standard InChI is InChI=1S/C85H142N2.Pd/c1-4-7-10-13-16-19-21-23-25-27-29-31-33-35-37-39-41-43-45-47-49-51-53-55-58-60-63-66-73-81-75-69-71-78-84(81)86-80-83(77-68-65-62-57-18-15-12-9-6-3)87-85-79-72-70-76-82(85)74-67-64-61-59-56-54-52-50-48-46-44-42-40-38-36-34-32-30-28-26-24-22-20-17-14-11-8-5-2;/h69-72,75-76,78-80H,4-57,62-67,73-74H2,1-3H3;/b86-80+,87-83-;. The molecular formula is C85H142N2Pd. The van der Waals surface area contributed by atoms with Gasteiger partial charge in [-0.1, -0.05) is 384 Å². The Bertz CT molecular complexity index is 2030. The first kappa shape index (κ1) is 83.1. The van der Waals surface area contributed by atoms with Crippen LogP contribution in [-0.2, 0) is 33.3 Å². The van der Waals surface area contributed by atoms with E-state index in [0.29, 0.717) is 0 Å². The van der Waals surface area contributed by atoms with Crippen LogP contribution in [0.3, 0.4) is 0 Å². The van der Waals surface area contributed by atoms with E-state index in [9.17, 15) is 0 Å². The summed E-state index contributed by atoms with van der Waals surface area (Å²) >= 11 is 0. The molecule has 0 fully saturated rings. The van der Waals surface area contributed by atoms with Crippen molar-refractivity contribution in [2.24, 2.45) is 9.98 Å². The molecule has 0 unspecified atom stereocenters. The summed E-state index contributed by atoms with van der Waals surface area (Å²) in [6.45, 7) is 6.91. The molecular weight excluding hydrogens is 1160 g/mol. The number of benzene rings is 2. The van der Waals surface area contributed by atoms with Crippen LogP contribution in [0.15, 0.2) is 58.5 Å². The number of hydrogen-bond acceptors (Lipinski definition) is 2. The maximum atomic E-state index is 5.20. The van der Waals surface area contributed by atoms with Gasteiger partial charge < -0.3 is 0 Å². The van der Waals surface area contributed by atoms with E-state index in [2.05, 4.69) is 105 Å². The molecule has 2 rings (SSSR count). The third-order valence-electron chi connectivity index (χ3n) is 18.2. The van der Waals surface area contributed by atoms with Crippen LogP contribution in [0, 0.1) is 35.5 Å². The summed E-state index contributed by atoms with van der Waals surface area (Å²) in [4.78, 5) is 10.3. The zero-order valence-electron chi connectivity index (χ0n) is 58.7. The molecule has 0 aliphatic carbocycles. The third-order valence-corrected chi connectivity index (χ3v) is 18.2. The van der Waals surface area contributed by atoms with Gasteiger partial charge in [-0.3, -0.25) is 4.99 Å². The van der Waals surface area contributed by atoms with Crippen LogP contribution in [0.5, 0.6) is 0 Å². The molecule has 0 saturated heterocycles. The molecule has 0 bridgehead atoms. The van der Waals surface area contributed by atoms with Gasteiger partial charge in [0.15, 0.2) is 0 Å². The fourth-order valence-electron chi connectivity index (χ4n) is 12.4. The fourth-order valence-corrected chi connectivity index (χ4v) is 12.4. The van der Waals surface area contributed by atoms with Crippen molar-refractivity contribution in [3.63, 3.8) is 0 Å². The molecule has 88 heavy (non-hydrogen) atoms. The van der Waals surface area contributed by atoms with Crippen molar-refractivity contribution in [2.45, 2.75) is 419 Å². The van der Waals surface area contributed by atoms with E-state index in [1.165, 1.54) is 345 Å². The smallest absolute Gasteiger partial charge is 0.132 e. The molecule has 0 atom stereocenters. The van der Waals surface area contributed by atoms with E-state index in [1.807, 2.05) is 6.21 Å². The number of hydrogen-bond donors (Lipinski definition) is 0. The van der Waals surface area contributed by atoms with Crippen molar-refractivity contribution in [1.82, 2.24) is 0 Å². The maximum absolute atomic E-state index is 5.20. The minimum atomic E-state index is 0. The Morgan fingerprint density at radius 2 is 0.500 bits per heavy atom.